The van der Waals surface area contributed by atoms with Crippen molar-refractivity contribution in [2.75, 3.05) is 0 Å². The summed E-state index contributed by atoms with van der Waals surface area (Å²) in [5, 5.41) is 12.5. The van der Waals surface area contributed by atoms with E-state index in [4.69, 9.17) is 4.98 Å². The Morgan fingerprint density at radius 2 is 1.55 bits per heavy atom. The van der Waals surface area contributed by atoms with Gasteiger partial charge < -0.3 is 5.11 Å². The van der Waals surface area contributed by atoms with Crippen LogP contribution in [-0.2, 0) is 36.7 Å². The Labute approximate surface area is 324 Å². The molecule has 1 radical (unpaired) electrons. The van der Waals surface area contributed by atoms with E-state index in [1.807, 2.05) is 39.0 Å². The molecule has 0 saturated carbocycles. The first-order valence-corrected chi connectivity index (χ1v) is 19.5. The minimum absolute atomic E-state index is 0. The smallest absolute Gasteiger partial charge is 0.162 e. The Morgan fingerprint density at radius 3 is 2.18 bits per heavy atom. The van der Waals surface area contributed by atoms with E-state index in [1.165, 1.54) is 65.4 Å². The summed E-state index contributed by atoms with van der Waals surface area (Å²) in [4.78, 5) is 18.3. The van der Waals surface area contributed by atoms with Crippen molar-refractivity contribution in [3.05, 3.63) is 99.8 Å². The van der Waals surface area contributed by atoms with Crippen LogP contribution in [-0.4, -0.2) is 15.9 Å². The molecular formula is C46H56IrNO2S-. The number of nitrogens with zero attached hydrogens (tertiary/aromatic N) is 1. The largest absolute Gasteiger partial charge is 0.512 e. The number of aryl methyl sites for hydroxylation is 3. The summed E-state index contributed by atoms with van der Waals surface area (Å²) in [5.41, 5.74) is 12.6. The van der Waals surface area contributed by atoms with Gasteiger partial charge in [-0.15, -0.1) is 40.7 Å². The van der Waals surface area contributed by atoms with Crippen LogP contribution in [0.25, 0.3) is 42.7 Å². The zero-order valence-corrected chi connectivity index (χ0v) is 35.7. The number of ketones is 1. The van der Waals surface area contributed by atoms with Gasteiger partial charge in [0.25, 0.3) is 0 Å². The molecule has 5 heteroatoms. The third-order valence-electron chi connectivity index (χ3n) is 10.7. The molecule has 0 spiro atoms. The Morgan fingerprint density at radius 1 is 0.902 bits per heavy atom. The number of carbonyl (C=O) groups is 1. The van der Waals surface area contributed by atoms with Crippen LogP contribution in [0.3, 0.4) is 0 Å². The molecule has 3 nitrogen and oxygen atoms in total. The first-order chi connectivity index (χ1) is 23.7. The van der Waals surface area contributed by atoms with Gasteiger partial charge in [0.05, 0.1) is 11.3 Å². The van der Waals surface area contributed by atoms with Crippen molar-refractivity contribution >= 4 is 38.1 Å². The van der Waals surface area contributed by atoms with Gasteiger partial charge in [0.1, 0.15) is 0 Å². The van der Waals surface area contributed by atoms with Gasteiger partial charge >= 0.3 is 0 Å². The van der Waals surface area contributed by atoms with Crippen molar-refractivity contribution < 1.29 is 30.0 Å². The Bertz CT molecular complexity index is 2060. The van der Waals surface area contributed by atoms with Crippen molar-refractivity contribution in [3.8, 4) is 21.7 Å². The van der Waals surface area contributed by atoms with Gasteiger partial charge in [-0.2, -0.15) is 0 Å². The fourth-order valence-corrected chi connectivity index (χ4v) is 9.48. The van der Waals surface area contributed by atoms with E-state index < -0.39 is 0 Å². The number of fused-ring (bicyclic) bond motifs is 6. The van der Waals surface area contributed by atoms with Gasteiger partial charge in [-0.1, -0.05) is 85.2 Å². The van der Waals surface area contributed by atoms with Crippen molar-refractivity contribution in [2.24, 2.45) is 17.8 Å². The maximum atomic E-state index is 11.7. The number of allylic oxidation sites excluding steroid dienone is 2. The first kappa shape index (κ1) is 40.7. The SMILES string of the molecule is CCC(CC)C(=O)/C=C(\O)C(CC)CC.Cc1cc(C)c2c(C)cc(-c3[c-]ccc4c3C(C)(C)c3c-4sc4ccc(CC(C)C)cc34)nc2c1.[Ir]. The van der Waals surface area contributed by atoms with Gasteiger partial charge in [-0.05, 0) is 115 Å². The van der Waals surface area contributed by atoms with E-state index in [9.17, 15) is 9.90 Å². The predicted octanol–water partition coefficient (Wildman–Crippen LogP) is 13.2. The van der Waals surface area contributed by atoms with Crippen LogP contribution in [0.2, 0.25) is 0 Å². The number of hydrogen-bond donors (Lipinski definition) is 1. The predicted molar refractivity (Wildman–Crippen MR) is 216 cm³/mol. The van der Waals surface area contributed by atoms with Crippen LogP contribution in [0, 0.1) is 44.6 Å². The molecule has 1 N–H and O–H groups in total. The van der Waals surface area contributed by atoms with E-state index in [1.54, 1.807) is 0 Å². The summed E-state index contributed by atoms with van der Waals surface area (Å²) in [6.45, 7) is 24.0. The number of carbonyl (C=O) groups excluding carboxylic acids is 1. The fraction of sp³-hybridized carbons (Fsp3) is 0.435. The second-order valence-corrected chi connectivity index (χ2v) is 16.4. The van der Waals surface area contributed by atoms with Gasteiger partial charge in [0.15, 0.2) is 5.78 Å². The van der Waals surface area contributed by atoms with Crippen LogP contribution in [0.15, 0.2) is 60.4 Å². The number of aromatic nitrogens is 1. The molecule has 6 rings (SSSR count). The third-order valence-corrected chi connectivity index (χ3v) is 11.9. The third kappa shape index (κ3) is 8.12. The number of thiophene rings is 1. The summed E-state index contributed by atoms with van der Waals surface area (Å²) >= 11 is 1.94. The molecule has 0 amide bonds. The van der Waals surface area contributed by atoms with Crippen molar-refractivity contribution in [1.29, 1.82) is 0 Å². The summed E-state index contributed by atoms with van der Waals surface area (Å²) in [6.07, 6.45) is 6.02. The Balaban J connectivity index is 0.000000312. The zero-order chi connectivity index (χ0) is 36.5. The quantitative estimate of drug-likeness (QED) is 0.0864. The van der Waals surface area contributed by atoms with Crippen molar-refractivity contribution in [1.82, 2.24) is 4.98 Å². The minimum atomic E-state index is -0.112. The fourth-order valence-electron chi connectivity index (χ4n) is 8.11. The second-order valence-electron chi connectivity index (χ2n) is 15.3. The van der Waals surface area contributed by atoms with Crippen LogP contribution in [0.5, 0.6) is 0 Å². The molecular weight excluding hydrogens is 823 g/mol. The molecule has 1 aliphatic rings. The zero-order valence-electron chi connectivity index (χ0n) is 32.5. The standard InChI is InChI=1S/C33H32NS.C13H24O2.Ir/c1-18(2)13-22-11-12-28-25(17-22)31-32(35-28)24-10-8-9-23(30(24)33(31,6)7)26-16-21(5)29-20(4)14-19(3)15-27(29)34-26;1-5-10(6-2)12(14)9-13(15)11(7-3)8-4;/h8,10-12,14-18H,13H2,1-7H3;9-11,14H,5-8H2,1-4H3;/q-1;;/b;12-9-;. The minimum Gasteiger partial charge on any atom is -0.512 e. The number of aliphatic hydroxyl groups is 1. The molecule has 51 heavy (non-hydrogen) atoms. The topological polar surface area (TPSA) is 50.2 Å². The average molecular weight is 879 g/mol. The average Bonchev–Trinajstić information content (AvgIpc) is 3.54. The van der Waals surface area contributed by atoms with Crippen molar-refractivity contribution in [3.63, 3.8) is 0 Å². The number of pyridine rings is 1. The van der Waals surface area contributed by atoms with E-state index in [2.05, 4.69) is 103 Å². The summed E-state index contributed by atoms with van der Waals surface area (Å²) in [5.74, 6) is 1.20. The number of hydrogen-bond acceptors (Lipinski definition) is 4. The van der Waals surface area contributed by atoms with Crippen LogP contribution in [0.1, 0.15) is 114 Å². The molecule has 0 saturated heterocycles. The molecule has 0 unspecified atom stereocenters. The van der Waals surface area contributed by atoms with Crippen LogP contribution >= 0.6 is 11.3 Å². The summed E-state index contributed by atoms with van der Waals surface area (Å²) in [6, 6.07) is 21.8. The number of aliphatic hydroxyl groups excluding tert-OH is 1. The van der Waals surface area contributed by atoms with E-state index >= 15 is 0 Å². The normalized spacial score (nSPS) is 13.4. The molecule has 2 aromatic heterocycles. The molecule has 2 heterocycles. The van der Waals surface area contributed by atoms with E-state index in [-0.39, 0.29) is 48.9 Å². The van der Waals surface area contributed by atoms with Crippen LogP contribution in [0.4, 0.5) is 0 Å². The van der Waals surface area contributed by atoms with Gasteiger partial charge in [0, 0.05) is 53.0 Å². The molecule has 273 valence electrons. The van der Waals surface area contributed by atoms with E-state index in [0.29, 0.717) is 5.92 Å². The molecule has 1 aliphatic carbocycles. The molecule has 3 aromatic carbocycles. The van der Waals surface area contributed by atoms with Gasteiger partial charge in [-0.3, -0.25) is 9.78 Å². The number of rotatable bonds is 10. The Kier molecular flexibility index (Phi) is 13.3. The van der Waals surface area contributed by atoms with Crippen LogP contribution < -0.4 is 0 Å². The first-order valence-electron chi connectivity index (χ1n) is 18.7. The molecule has 0 fully saturated rings. The van der Waals surface area contributed by atoms with Gasteiger partial charge in [-0.25, -0.2) is 0 Å². The maximum Gasteiger partial charge on any atom is 0.162 e. The second kappa shape index (κ2) is 16.7. The summed E-state index contributed by atoms with van der Waals surface area (Å²) < 4.78 is 1.39. The van der Waals surface area contributed by atoms with Crippen molar-refractivity contribution in [2.45, 2.75) is 114 Å². The molecule has 0 atom stereocenters. The Hall–Kier alpha value is -3.11. The molecule has 0 aliphatic heterocycles. The monoisotopic (exact) mass is 879 g/mol. The molecule has 0 bridgehead atoms. The number of benzene rings is 3. The maximum absolute atomic E-state index is 11.7. The summed E-state index contributed by atoms with van der Waals surface area (Å²) in [7, 11) is 0. The van der Waals surface area contributed by atoms with Gasteiger partial charge in [0.2, 0.25) is 0 Å². The van der Waals surface area contributed by atoms with E-state index in [0.717, 1.165) is 48.9 Å². The molecule has 5 aromatic rings.